The minimum absolute atomic E-state index is 0.359. The first-order valence-corrected chi connectivity index (χ1v) is 18.4. The monoisotopic (exact) mass is 750 g/mol. The predicted molar refractivity (Wildman–Crippen MR) is 198 cm³/mol. The zero-order chi connectivity index (χ0) is 34.9. The molecule has 0 fully saturated rings. The van der Waals surface area contributed by atoms with Gasteiger partial charge in [0, 0.05) is 0 Å². The van der Waals surface area contributed by atoms with Crippen LogP contribution in [0.5, 0.6) is 0 Å². The first kappa shape index (κ1) is 37.8. The van der Waals surface area contributed by atoms with Crippen molar-refractivity contribution in [3.8, 4) is 0 Å². The first-order chi connectivity index (χ1) is 23.2. The Morgan fingerprint density at radius 2 is 0.833 bits per heavy atom. The van der Waals surface area contributed by atoms with Gasteiger partial charge in [0.2, 0.25) is 0 Å². The molecule has 1 atom stereocenters. The van der Waals surface area contributed by atoms with Gasteiger partial charge in [0.05, 0.1) is 16.7 Å². The summed E-state index contributed by atoms with van der Waals surface area (Å²) in [6.07, 6.45) is 5.70. The van der Waals surface area contributed by atoms with Gasteiger partial charge >= 0.3 is 90.3 Å². The molecule has 0 saturated carbocycles. The Balaban J connectivity index is 0.000000176. The number of rotatable bonds is 8. The molecular formula is C41H42O6Sn. The third-order valence-corrected chi connectivity index (χ3v) is 9.84. The number of carbonyl (C=O) groups is 3. The van der Waals surface area contributed by atoms with Crippen molar-refractivity contribution in [2.45, 2.75) is 44.0 Å². The minimum atomic E-state index is -0.878. The molecule has 7 heteroatoms. The predicted octanol–water partition coefficient (Wildman–Crippen LogP) is 10.1. The number of carboxylic acid groups (broad SMARTS) is 3. The van der Waals surface area contributed by atoms with Crippen LogP contribution < -0.4 is 0 Å². The average molecular weight is 749 g/mol. The fourth-order valence-corrected chi connectivity index (χ4v) is 6.84. The maximum atomic E-state index is 10.8. The summed E-state index contributed by atoms with van der Waals surface area (Å²) in [6.45, 7) is 4.59. The van der Waals surface area contributed by atoms with Crippen molar-refractivity contribution < 1.29 is 29.7 Å². The van der Waals surface area contributed by atoms with Gasteiger partial charge in [-0.15, -0.1) is 0 Å². The fraction of sp³-hybridized carbons (Fsp3) is 0.195. The van der Waals surface area contributed by atoms with Crippen LogP contribution >= 0.6 is 0 Å². The third kappa shape index (κ3) is 10.9. The average Bonchev–Trinajstić information content (AvgIpc) is 3.12. The third-order valence-electron chi connectivity index (χ3n) is 7.94. The van der Waals surface area contributed by atoms with Crippen molar-refractivity contribution in [2.24, 2.45) is 5.92 Å². The van der Waals surface area contributed by atoms with Crippen LogP contribution in [0.4, 0.5) is 0 Å². The molecule has 48 heavy (non-hydrogen) atoms. The Morgan fingerprint density at radius 1 is 0.521 bits per heavy atom. The molecular weight excluding hydrogens is 707 g/mol. The maximum absolute atomic E-state index is 10.8. The molecule has 6 rings (SSSR count). The van der Waals surface area contributed by atoms with Gasteiger partial charge in [-0.3, -0.25) is 0 Å². The number of hydrogen-bond acceptors (Lipinski definition) is 3. The molecule has 2 radical (unpaired) electrons. The number of carboxylic acids is 3. The quantitative estimate of drug-likeness (QED) is 0.134. The summed E-state index contributed by atoms with van der Waals surface area (Å²) in [5.74, 6) is -1.57. The summed E-state index contributed by atoms with van der Waals surface area (Å²) in [5.41, 5.74) is 1.08. The van der Waals surface area contributed by atoms with Gasteiger partial charge in [-0.2, -0.15) is 0 Å². The molecule has 0 saturated heterocycles. The van der Waals surface area contributed by atoms with Crippen molar-refractivity contribution in [1.29, 1.82) is 0 Å². The van der Waals surface area contributed by atoms with Crippen LogP contribution in [0.15, 0.2) is 127 Å². The normalized spacial score (nSPS) is 10.8. The summed E-state index contributed by atoms with van der Waals surface area (Å²) < 4.78 is 1.50. The number of hydrogen-bond donors (Lipinski definition) is 3. The van der Waals surface area contributed by atoms with Crippen molar-refractivity contribution in [3.05, 3.63) is 144 Å². The molecule has 3 N–H and O–H groups in total. The van der Waals surface area contributed by atoms with Gasteiger partial charge in [-0.05, 0) is 50.5 Å². The van der Waals surface area contributed by atoms with E-state index < -0.39 is 17.9 Å². The van der Waals surface area contributed by atoms with Gasteiger partial charge in [0.25, 0.3) is 0 Å². The smallest absolute Gasteiger partial charge is 0.336 e. The Hall–Kier alpha value is -4.69. The van der Waals surface area contributed by atoms with Crippen molar-refractivity contribution >= 4 is 72.8 Å². The van der Waals surface area contributed by atoms with E-state index in [0.717, 1.165) is 38.2 Å². The van der Waals surface area contributed by atoms with E-state index >= 15 is 0 Å². The van der Waals surface area contributed by atoms with Gasteiger partial charge in [0.1, 0.15) is 0 Å². The van der Waals surface area contributed by atoms with Crippen LogP contribution in [0.25, 0.3) is 32.3 Å². The summed E-state index contributed by atoms with van der Waals surface area (Å²) in [7, 11) is 0. The van der Waals surface area contributed by atoms with Crippen LogP contribution in [-0.2, 0) is 0 Å². The molecule has 0 bridgehead atoms. The summed E-state index contributed by atoms with van der Waals surface area (Å²) in [4.78, 5) is 32.4. The molecule has 6 aromatic carbocycles. The molecule has 0 spiro atoms. The number of fused-ring (bicyclic) bond motifs is 3. The number of unbranched alkanes of at least 4 members (excludes halogenated alkanes) is 1. The van der Waals surface area contributed by atoms with Gasteiger partial charge in [-0.1, -0.05) is 109 Å². The second-order valence-electron chi connectivity index (χ2n) is 11.1. The Kier molecular flexibility index (Phi) is 15.6. The van der Waals surface area contributed by atoms with Crippen molar-refractivity contribution in [2.75, 3.05) is 0 Å². The second-order valence-corrected chi connectivity index (χ2v) is 12.5. The maximum Gasteiger partial charge on any atom is 0.336 e. The molecule has 0 aliphatic carbocycles. The molecule has 0 aliphatic heterocycles. The van der Waals surface area contributed by atoms with E-state index in [1.807, 2.05) is 91.0 Å². The van der Waals surface area contributed by atoms with Gasteiger partial charge in [-0.25, -0.2) is 14.4 Å². The molecule has 1 unspecified atom stereocenters. The molecule has 0 heterocycles. The zero-order valence-electron chi connectivity index (χ0n) is 27.4. The zero-order valence-corrected chi connectivity index (χ0v) is 30.7. The molecule has 0 aliphatic rings. The van der Waals surface area contributed by atoms with E-state index in [9.17, 15) is 14.4 Å². The topological polar surface area (TPSA) is 112 Å². The molecule has 246 valence electrons. The van der Waals surface area contributed by atoms with E-state index in [-0.39, 0.29) is 0 Å². The largest absolute Gasteiger partial charge is 0.478 e. The molecule has 0 aromatic heterocycles. The van der Waals surface area contributed by atoms with Crippen molar-refractivity contribution in [3.63, 3.8) is 0 Å². The Labute approximate surface area is 295 Å². The summed E-state index contributed by atoms with van der Waals surface area (Å²) in [5, 5.41) is 31.9. The van der Waals surface area contributed by atoms with Crippen LogP contribution in [0.3, 0.4) is 0 Å². The second kappa shape index (κ2) is 19.8. The van der Waals surface area contributed by atoms with E-state index in [1.165, 1.54) is 52.6 Å². The SMILES string of the molecule is CCCCC(CC)[CH2][SnH].O=C(O)c1cccc2ccccc12.O=C(O)c1cccc2ccccc12.O=C(O)c1cccc2ccccc12. The van der Waals surface area contributed by atoms with Crippen LogP contribution in [0.2, 0.25) is 4.44 Å². The van der Waals surface area contributed by atoms with E-state index in [2.05, 4.69) is 13.8 Å². The number of aromatic carboxylic acids is 3. The van der Waals surface area contributed by atoms with Gasteiger partial charge < -0.3 is 15.3 Å². The minimum Gasteiger partial charge on any atom is -0.478 e. The first-order valence-electron chi connectivity index (χ1n) is 16.0. The molecule has 6 aromatic rings. The van der Waals surface area contributed by atoms with Gasteiger partial charge in [0.15, 0.2) is 0 Å². The van der Waals surface area contributed by atoms with Crippen LogP contribution in [-0.4, -0.2) is 55.8 Å². The number of benzene rings is 6. The molecule has 0 amide bonds. The summed E-state index contributed by atoms with van der Waals surface area (Å²) in [6, 6.07) is 38.2. The fourth-order valence-electron chi connectivity index (χ4n) is 5.22. The Bertz CT molecular complexity index is 1720. The standard InChI is InChI=1S/3C11H8O2.C8H17.Sn.H/c3*12-11(13)10-7-3-5-8-4-1-2-6-9(8)10;1-4-6-7-8(3)5-2;;/h3*1-7H,(H,12,13);8H,3-7H2,1-2H3;;. The van der Waals surface area contributed by atoms with E-state index in [1.54, 1.807) is 36.4 Å². The molecule has 6 nitrogen and oxygen atoms in total. The van der Waals surface area contributed by atoms with E-state index in [0.29, 0.717) is 16.7 Å². The van der Waals surface area contributed by atoms with Crippen LogP contribution in [0, 0.1) is 5.92 Å². The van der Waals surface area contributed by atoms with Crippen molar-refractivity contribution in [1.82, 2.24) is 0 Å². The van der Waals surface area contributed by atoms with E-state index in [4.69, 9.17) is 15.3 Å². The summed E-state index contributed by atoms with van der Waals surface area (Å²) >= 11 is 1.46. The Morgan fingerprint density at radius 3 is 1.10 bits per heavy atom. The van der Waals surface area contributed by atoms with Crippen LogP contribution in [0.1, 0.15) is 70.6 Å².